The van der Waals surface area contributed by atoms with E-state index in [1.54, 1.807) is 40.7 Å². The summed E-state index contributed by atoms with van der Waals surface area (Å²) in [5.74, 6) is -0.253. The average Bonchev–Trinajstić information content (AvgIpc) is 2.94. The van der Waals surface area contributed by atoms with E-state index in [4.69, 9.17) is 0 Å². The summed E-state index contributed by atoms with van der Waals surface area (Å²) in [6.45, 7) is 5.19. The predicted molar refractivity (Wildman–Crippen MR) is 141 cm³/mol. The van der Waals surface area contributed by atoms with Crippen molar-refractivity contribution in [1.29, 1.82) is 0 Å². The molecule has 2 aliphatic rings. The van der Waals surface area contributed by atoms with Crippen molar-refractivity contribution in [2.24, 2.45) is 0 Å². The van der Waals surface area contributed by atoms with Crippen LogP contribution in [-0.4, -0.2) is 80.8 Å². The summed E-state index contributed by atoms with van der Waals surface area (Å²) in [7, 11) is -3.46. The fourth-order valence-electron chi connectivity index (χ4n) is 4.92. The zero-order valence-electron chi connectivity index (χ0n) is 20.7. The molecule has 2 heterocycles. The van der Waals surface area contributed by atoms with Crippen molar-refractivity contribution < 1.29 is 17.6 Å². The molecule has 2 aliphatic heterocycles. The zero-order chi connectivity index (χ0) is 25.8. The Balaban J connectivity index is 1.12. The van der Waals surface area contributed by atoms with Crippen LogP contribution in [0, 0.1) is 5.82 Å². The van der Waals surface area contributed by atoms with Gasteiger partial charge in [-0.2, -0.15) is 4.31 Å². The second kappa shape index (κ2) is 11.0. The molecule has 0 N–H and O–H groups in total. The van der Waals surface area contributed by atoms with Crippen LogP contribution in [0.2, 0.25) is 0 Å². The van der Waals surface area contributed by atoms with Crippen molar-refractivity contribution in [2.45, 2.75) is 11.4 Å². The first-order valence-corrected chi connectivity index (χ1v) is 14.0. The third kappa shape index (κ3) is 5.69. The summed E-state index contributed by atoms with van der Waals surface area (Å²) in [6.07, 6.45) is 0. The standard InChI is InChI=1S/C28H31FN4O3S/c29-26-8-4-5-9-27(26)31-16-18-32(19-17-31)28(34)24-12-10-23(11-13-24)22-30-14-20-33(21-15-30)37(35,36)25-6-2-1-3-7-25/h1-13H,14-22H2. The highest BCUT2D eigenvalue weighted by molar-refractivity contribution is 7.89. The number of benzene rings is 3. The quantitative estimate of drug-likeness (QED) is 0.497. The maximum atomic E-state index is 14.1. The summed E-state index contributed by atoms with van der Waals surface area (Å²) in [5, 5.41) is 0. The molecule has 0 atom stereocenters. The van der Waals surface area contributed by atoms with Gasteiger partial charge in [-0.15, -0.1) is 0 Å². The molecule has 0 unspecified atom stereocenters. The van der Waals surface area contributed by atoms with E-state index in [2.05, 4.69) is 4.90 Å². The maximum Gasteiger partial charge on any atom is 0.253 e. The molecule has 7 nitrogen and oxygen atoms in total. The first kappa shape index (κ1) is 25.4. The van der Waals surface area contributed by atoms with E-state index in [0.29, 0.717) is 75.0 Å². The Labute approximate surface area is 217 Å². The lowest BCUT2D eigenvalue weighted by atomic mass is 10.1. The summed E-state index contributed by atoms with van der Waals surface area (Å²) >= 11 is 0. The first-order chi connectivity index (χ1) is 17.9. The summed E-state index contributed by atoms with van der Waals surface area (Å²) in [5.41, 5.74) is 2.31. The average molecular weight is 523 g/mol. The van der Waals surface area contributed by atoms with Crippen LogP contribution >= 0.6 is 0 Å². The number of anilines is 1. The lowest BCUT2D eigenvalue weighted by molar-refractivity contribution is 0.0746. The molecule has 3 aromatic rings. The minimum absolute atomic E-state index is 0.0144. The highest BCUT2D eigenvalue weighted by Gasteiger charge is 2.28. The molecule has 0 spiro atoms. The number of amides is 1. The van der Waals surface area contributed by atoms with Crippen molar-refractivity contribution in [3.63, 3.8) is 0 Å². The van der Waals surface area contributed by atoms with Crippen LogP contribution in [-0.2, 0) is 16.6 Å². The van der Waals surface area contributed by atoms with Gasteiger partial charge < -0.3 is 9.80 Å². The molecular weight excluding hydrogens is 491 g/mol. The zero-order valence-corrected chi connectivity index (χ0v) is 21.5. The van der Waals surface area contributed by atoms with Gasteiger partial charge in [0.15, 0.2) is 0 Å². The first-order valence-electron chi connectivity index (χ1n) is 12.6. The molecule has 2 saturated heterocycles. The van der Waals surface area contributed by atoms with E-state index in [1.807, 2.05) is 46.2 Å². The molecule has 194 valence electrons. The van der Waals surface area contributed by atoms with Crippen LogP contribution in [0.5, 0.6) is 0 Å². The number of carbonyl (C=O) groups is 1. The Morgan fingerprint density at radius 2 is 1.35 bits per heavy atom. The number of rotatable bonds is 6. The number of hydrogen-bond donors (Lipinski definition) is 0. The fourth-order valence-corrected chi connectivity index (χ4v) is 6.36. The van der Waals surface area contributed by atoms with Gasteiger partial charge in [0, 0.05) is 64.5 Å². The minimum atomic E-state index is -3.46. The third-order valence-corrected chi connectivity index (χ3v) is 8.99. The van der Waals surface area contributed by atoms with E-state index in [0.717, 1.165) is 5.56 Å². The van der Waals surface area contributed by atoms with Gasteiger partial charge in [-0.1, -0.05) is 42.5 Å². The second-order valence-corrected chi connectivity index (χ2v) is 11.4. The monoisotopic (exact) mass is 522 g/mol. The number of hydrogen-bond acceptors (Lipinski definition) is 5. The molecule has 0 aliphatic carbocycles. The van der Waals surface area contributed by atoms with Gasteiger partial charge in [-0.3, -0.25) is 9.69 Å². The van der Waals surface area contributed by atoms with Crippen LogP contribution in [0.15, 0.2) is 83.8 Å². The van der Waals surface area contributed by atoms with Gasteiger partial charge in [0.2, 0.25) is 10.0 Å². The fraction of sp³-hybridized carbons (Fsp3) is 0.321. The highest BCUT2D eigenvalue weighted by Crippen LogP contribution is 2.22. The Morgan fingerprint density at radius 3 is 2.00 bits per heavy atom. The van der Waals surface area contributed by atoms with Gasteiger partial charge in [-0.25, -0.2) is 12.8 Å². The molecule has 2 fully saturated rings. The Hall–Kier alpha value is -3.27. The lowest BCUT2D eigenvalue weighted by Crippen LogP contribution is -2.49. The minimum Gasteiger partial charge on any atom is -0.366 e. The van der Waals surface area contributed by atoms with E-state index in [9.17, 15) is 17.6 Å². The summed E-state index contributed by atoms with van der Waals surface area (Å²) in [4.78, 5) is 19.4. The highest BCUT2D eigenvalue weighted by atomic mass is 32.2. The smallest absolute Gasteiger partial charge is 0.253 e. The summed E-state index contributed by atoms with van der Waals surface area (Å²) in [6, 6.07) is 22.9. The molecule has 3 aromatic carbocycles. The number of para-hydroxylation sites is 1. The number of sulfonamides is 1. The van der Waals surface area contributed by atoms with Gasteiger partial charge in [0.05, 0.1) is 10.6 Å². The SMILES string of the molecule is O=C(c1ccc(CN2CCN(S(=O)(=O)c3ccccc3)CC2)cc1)N1CCN(c2ccccc2F)CC1. The van der Waals surface area contributed by atoms with Gasteiger partial charge >= 0.3 is 0 Å². The Kier molecular flexibility index (Phi) is 7.55. The molecule has 9 heteroatoms. The molecular formula is C28H31FN4O3S. The van der Waals surface area contributed by atoms with Crippen LogP contribution in [0.4, 0.5) is 10.1 Å². The molecule has 5 rings (SSSR count). The number of carbonyl (C=O) groups excluding carboxylic acids is 1. The van der Waals surface area contributed by atoms with E-state index in [-0.39, 0.29) is 11.7 Å². The normalized spacial score (nSPS) is 17.6. The van der Waals surface area contributed by atoms with Gasteiger partial charge in [0.1, 0.15) is 5.82 Å². The van der Waals surface area contributed by atoms with Gasteiger partial charge in [-0.05, 0) is 42.0 Å². The van der Waals surface area contributed by atoms with Gasteiger partial charge in [0.25, 0.3) is 5.91 Å². The lowest BCUT2D eigenvalue weighted by Gasteiger charge is -2.36. The van der Waals surface area contributed by atoms with Crippen molar-refractivity contribution in [3.05, 3.63) is 95.8 Å². The number of nitrogens with zero attached hydrogens (tertiary/aromatic N) is 4. The molecule has 0 saturated carbocycles. The van der Waals surface area contributed by atoms with E-state index in [1.165, 1.54) is 6.07 Å². The third-order valence-electron chi connectivity index (χ3n) is 7.08. The largest absolute Gasteiger partial charge is 0.366 e. The Morgan fingerprint density at radius 1 is 0.730 bits per heavy atom. The number of piperazine rings is 2. The van der Waals surface area contributed by atoms with Crippen molar-refractivity contribution >= 4 is 21.6 Å². The Bertz CT molecular complexity index is 1320. The topological polar surface area (TPSA) is 64.2 Å². The van der Waals surface area contributed by atoms with Crippen molar-refractivity contribution in [3.8, 4) is 0 Å². The van der Waals surface area contributed by atoms with Crippen LogP contribution in [0.25, 0.3) is 0 Å². The van der Waals surface area contributed by atoms with Crippen LogP contribution < -0.4 is 4.90 Å². The van der Waals surface area contributed by atoms with Crippen LogP contribution in [0.1, 0.15) is 15.9 Å². The second-order valence-electron chi connectivity index (χ2n) is 9.42. The summed E-state index contributed by atoms with van der Waals surface area (Å²) < 4.78 is 41.3. The molecule has 37 heavy (non-hydrogen) atoms. The van der Waals surface area contributed by atoms with Crippen molar-refractivity contribution in [2.75, 3.05) is 57.3 Å². The van der Waals surface area contributed by atoms with Crippen molar-refractivity contribution in [1.82, 2.24) is 14.1 Å². The van der Waals surface area contributed by atoms with E-state index < -0.39 is 10.0 Å². The number of halogens is 1. The maximum absolute atomic E-state index is 14.1. The van der Waals surface area contributed by atoms with Crippen LogP contribution in [0.3, 0.4) is 0 Å². The molecule has 1 amide bonds. The van der Waals surface area contributed by atoms with E-state index >= 15 is 0 Å². The molecule has 0 aromatic heterocycles. The predicted octanol–water partition coefficient (Wildman–Crippen LogP) is 3.29. The molecule has 0 radical (unpaired) electrons. The molecule has 0 bridgehead atoms.